The molecule has 0 aromatic heterocycles. The normalized spacial score (nSPS) is 18.1. The van der Waals surface area contributed by atoms with Crippen LogP contribution >= 0.6 is 0 Å². The van der Waals surface area contributed by atoms with Gasteiger partial charge in [-0.2, -0.15) is 0 Å². The average molecular weight is 267 g/mol. The molecule has 2 heteroatoms. The quantitative estimate of drug-likeness (QED) is 0.891. The molecule has 104 valence electrons. The van der Waals surface area contributed by atoms with E-state index in [-0.39, 0.29) is 0 Å². The summed E-state index contributed by atoms with van der Waals surface area (Å²) in [5.41, 5.74) is 3.96. The molecule has 2 aromatic rings. The highest BCUT2D eigenvalue weighted by Gasteiger charge is 2.15. The van der Waals surface area contributed by atoms with Crippen LogP contribution in [0.1, 0.15) is 17.5 Å². The van der Waals surface area contributed by atoms with Gasteiger partial charge in [-0.1, -0.05) is 48.5 Å². The van der Waals surface area contributed by atoms with Gasteiger partial charge < -0.3 is 10.1 Å². The first-order valence-electron chi connectivity index (χ1n) is 7.35. The van der Waals surface area contributed by atoms with Crippen LogP contribution in [-0.2, 0) is 11.2 Å². The van der Waals surface area contributed by atoms with E-state index in [0.29, 0.717) is 5.92 Å². The molecule has 3 rings (SSSR count). The Morgan fingerprint density at radius 1 is 1.00 bits per heavy atom. The first-order chi connectivity index (χ1) is 9.92. The van der Waals surface area contributed by atoms with Crippen molar-refractivity contribution in [1.29, 1.82) is 0 Å². The molecule has 0 aliphatic carbocycles. The highest BCUT2D eigenvalue weighted by molar-refractivity contribution is 5.52. The SMILES string of the molecule is c1ccc(Cc2ccccc2NCC2CCOC2)cc1. The zero-order valence-electron chi connectivity index (χ0n) is 11.7. The number of rotatable bonds is 5. The summed E-state index contributed by atoms with van der Waals surface area (Å²) in [5, 5.41) is 3.60. The van der Waals surface area contributed by atoms with Crippen LogP contribution < -0.4 is 5.32 Å². The van der Waals surface area contributed by atoms with Crippen molar-refractivity contribution in [3.05, 3.63) is 65.7 Å². The monoisotopic (exact) mass is 267 g/mol. The van der Waals surface area contributed by atoms with Gasteiger partial charge in [0.15, 0.2) is 0 Å². The molecule has 1 saturated heterocycles. The van der Waals surface area contributed by atoms with Gasteiger partial charge in [0, 0.05) is 24.8 Å². The van der Waals surface area contributed by atoms with Crippen molar-refractivity contribution in [2.24, 2.45) is 5.92 Å². The Labute approximate surface area is 120 Å². The number of anilines is 1. The minimum Gasteiger partial charge on any atom is -0.384 e. The maximum Gasteiger partial charge on any atom is 0.0511 e. The summed E-state index contributed by atoms with van der Waals surface area (Å²) < 4.78 is 5.43. The van der Waals surface area contributed by atoms with Crippen LogP contribution in [0.3, 0.4) is 0 Å². The second-order valence-corrected chi connectivity index (χ2v) is 5.43. The molecule has 20 heavy (non-hydrogen) atoms. The number of ether oxygens (including phenoxy) is 1. The molecule has 1 atom stereocenters. The Kier molecular flexibility index (Phi) is 4.34. The van der Waals surface area contributed by atoms with Crippen LogP contribution in [0.15, 0.2) is 54.6 Å². The fraction of sp³-hybridized carbons (Fsp3) is 0.333. The molecule has 0 saturated carbocycles. The van der Waals surface area contributed by atoms with Gasteiger partial charge in [-0.3, -0.25) is 0 Å². The van der Waals surface area contributed by atoms with Crippen molar-refractivity contribution >= 4 is 5.69 Å². The topological polar surface area (TPSA) is 21.3 Å². The smallest absolute Gasteiger partial charge is 0.0511 e. The molecular formula is C18H21NO. The van der Waals surface area contributed by atoms with Gasteiger partial charge >= 0.3 is 0 Å². The molecule has 0 radical (unpaired) electrons. The van der Waals surface area contributed by atoms with Crippen LogP contribution in [0.5, 0.6) is 0 Å². The molecule has 0 bridgehead atoms. The second-order valence-electron chi connectivity index (χ2n) is 5.43. The van der Waals surface area contributed by atoms with Gasteiger partial charge in [-0.15, -0.1) is 0 Å². The van der Waals surface area contributed by atoms with Crippen molar-refractivity contribution in [3.63, 3.8) is 0 Å². The van der Waals surface area contributed by atoms with Gasteiger partial charge in [-0.05, 0) is 30.0 Å². The van der Waals surface area contributed by atoms with E-state index in [4.69, 9.17) is 4.74 Å². The summed E-state index contributed by atoms with van der Waals surface area (Å²) in [6.45, 7) is 2.82. The number of hydrogen-bond donors (Lipinski definition) is 1. The summed E-state index contributed by atoms with van der Waals surface area (Å²) >= 11 is 0. The standard InChI is InChI=1S/C18H21NO/c1-2-6-15(7-3-1)12-17-8-4-5-9-18(17)19-13-16-10-11-20-14-16/h1-9,16,19H,10-14H2. The number of para-hydroxylation sites is 1. The fourth-order valence-electron chi connectivity index (χ4n) is 2.66. The minimum atomic E-state index is 0.653. The Morgan fingerprint density at radius 3 is 2.60 bits per heavy atom. The van der Waals surface area contributed by atoms with E-state index in [1.165, 1.54) is 23.2 Å². The molecular weight excluding hydrogens is 246 g/mol. The molecule has 0 amide bonds. The summed E-state index contributed by atoms with van der Waals surface area (Å²) in [5.74, 6) is 0.653. The number of hydrogen-bond acceptors (Lipinski definition) is 2. The van der Waals surface area contributed by atoms with E-state index in [9.17, 15) is 0 Å². The zero-order chi connectivity index (χ0) is 13.6. The van der Waals surface area contributed by atoms with E-state index in [0.717, 1.165) is 26.2 Å². The van der Waals surface area contributed by atoms with Crippen molar-refractivity contribution in [2.75, 3.05) is 25.1 Å². The largest absolute Gasteiger partial charge is 0.384 e. The predicted octanol–water partition coefficient (Wildman–Crippen LogP) is 3.73. The lowest BCUT2D eigenvalue weighted by molar-refractivity contribution is 0.187. The van der Waals surface area contributed by atoms with E-state index >= 15 is 0 Å². The molecule has 1 fully saturated rings. The summed E-state index contributed by atoms with van der Waals surface area (Å²) in [7, 11) is 0. The van der Waals surface area contributed by atoms with E-state index in [1.54, 1.807) is 0 Å². The Hall–Kier alpha value is -1.80. The van der Waals surface area contributed by atoms with Crippen molar-refractivity contribution in [3.8, 4) is 0 Å². The Bertz CT molecular complexity index is 532. The first-order valence-corrected chi connectivity index (χ1v) is 7.35. The van der Waals surface area contributed by atoms with Crippen LogP contribution in [-0.4, -0.2) is 19.8 Å². The highest BCUT2D eigenvalue weighted by Crippen LogP contribution is 2.20. The number of benzene rings is 2. The summed E-state index contributed by atoms with van der Waals surface area (Å²) in [6, 6.07) is 19.2. The zero-order valence-corrected chi connectivity index (χ0v) is 11.7. The minimum absolute atomic E-state index is 0.653. The first kappa shape index (κ1) is 13.2. The van der Waals surface area contributed by atoms with Crippen molar-refractivity contribution in [2.45, 2.75) is 12.8 Å². The molecule has 0 spiro atoms. The lowest BCUT2D eigenvalue weighted by Crippen LogP contribution is -2.15. The third-order valence-corrected chi connectivity index (χ3v) is 3.86. The maximum absolute atomic E-state index is 5.43. The molecule has 1 heterocycles. The molecule has 2 aromatic carbocycles. The lowest BCUT2D eigenvalue weighted by Gasteiger charge is -2.14. The third kappa shape index (κ3) is 3.40. The highest BCUT2D eigenvalue weighted by atomic mass is 16.5. The Balaban J connectivity index is 1.67. The molecule has 1 aliphatic heterocycles. The molecule has 1 N–H and O–H groups in total. The fourth-order valence-corrected chi connectivity index (χ4v) is 2.66. The second kappa shape index (κ2) is 6.58. The molecule has 1 unspecified atom stereocenters. The van der Waals surface area contributed by atoms with E-state index in [2.05, 4.69) is 59.9 Å². The predicted molar refractivity (Wildman–Crippen MR) is 83.1 cm³/mol. The van der Waals surface area contributed by atoms with Gasteiger partial charge in [0.25, 0.3) is 0 Å². The number of nitrogens with one attached hydrogen (secondary N) is 1. The van der Waals surface area contributed by atoms with Crippen LogP contribution in [0.2, 0.25) is 0 Å². The maximum atomic E-state index is 5.43. The van der Waals surface area contributed by atoms with Gasteiger partial charge in [0.1, 0.15) is 0 Å². The van der Waals surface area contributed by atoms with Crippen molar-refractivity contribution < 1.29 is 4.74 Å². The summed E-state index contributed by atoms with van der Waals surface area (Å²) in [6.07, 6.45) is 2.15. The third-order valence-electron chi connectivity index (χ3n) is 3.86. The Morgan fingerprint density at radius 2 is 1.80 bits per heavy atom. The van der Waals surface area contributed by atoms with Crippen LogP contribution in [0.4, 0.5) is 5.69 Å². The van der Waals surface area contributed by atoms with Gasteiger partial charge in [0.2, 0.25) is 0 Å². The van der Waals surface area contributed by atoms with E-state index < -0.39 is 0 Å². The molecule has 2 nitrogen and oxygen atoms in total. The summed E-state index contributed by atoms with van der Waals surface area (Å²) in [4.78, 5) is 0. The molecule has 1 aliphatic rings. The average Bonchev–Trinajstić information content (AvgIpc) is 3.01. The van der Waals surface area contributed by atoms with Gasteiger partial charge in [0.05, 0.1) is 6.61 Å². The van der Waals surface area contributed by atoms with Crippen LogP contribution in [0, 0.1) is 5.92 Å². The lowest BCUT2D eigenvalue weighted by atomic mass is 10.0. The van der Waals surface area contributed by atoms with E-state index in [1.807, 2.05) is 0 Å². The van der Waals surface area contributed by atoms with Crippen LogP contribution in [0.25, 0.3) is 0 Å². The van der Waals surface area contributed by atoms with Crippen molar-refractivity contribution in [1.82, 2.24) is 0 Å². The van der Waals surface area contributed by atoms with Gasteiger partial charge in [-0.25, -0.2) is 0 Å².